The highest BCUT2D eigenvalue weighted by Gasteiger charge is 2.29. The Bertz CT molecular complexity index is 1430. The molecule has 1 amide bonds. The fourth-order valence-corrected chi connectivity index (χ4v) is 4.24. The highest BCUT2D eigenvalue weighted by Crippen LogP contribution is 2.42. The van der Waals surface area contributed by atoms with Gasteiger partial charge in [0.25, 0.3) is 5.91 Å². The molecule has 0 aliphatic carbocycles. The van der Waals surface area contributed by atoms with E-state index in [2.05, 4.69) is 15.3 Å². The largest absolute Gasteiger partial charge is 0.353 e. The number of halogens is 2. The lowest BCUT2D eigenvalue weighted by molar-refractivity contribution is 0.0967. The summed E-state index contributed by atoms with van der Waals surface area (Å²) in [4.78, 5) is 19.2. The second-order valence-electron chi connectivity index (χ2n) is 6.67. The Morgan fingerprint density at radius 1 is 0.808 bits per heavy atom. The molecule has 3 N–H and O–H groups in total. The Hall–Kier alpha value is -3.41. The molecule has 0 saturated carbocycles. The standard InChI is InChI=1S/C20H11F2N3O/c21-8-1-3-13-10(5-8)15-12-7-23-20(26)17(12)16-11-6-9(22)2-4-14(11)25-19(16)18(15)24-13/h1-6,24-25H,7H2,(H,23,26). The molecule has 6 heteroatoms. The maximum Gasteiger partial charge on any atom is 0.252 e. The maximum atomic E-state index is 13.9. The van der Waals surface area contributed by atoms with Crippen LogP contribution >= 0.6 is 0 Å². The van der Waals surface area contributed by atoms with Crippen LogP contribution in [0.2, 0.25) is 0 Å². The Morgan fingerprint density at radius 3 is 2.04 bits per heavy atom. The number of fused-ring (bicyclic) bond motifs is 10. The third-order valence-electron chi connectivity index (χ3n) is 5.28. The minimum Gasteiger partial charge on any atom is -0.353 e. The lowest BCUT2D eigenvalue weighted by Gasteiger charge is -2.04. The average Bonchev–Trinajstić information content (AvgIpc) is 3.27. The SMILES string of the molecule is O=C1NCc2c1c1c3cc(F)ccc3[nH]c1c1[nH]c3ccc(F)cc3c21. The number of aromatic amines is 2. The molecule has 5 aromatic rings. The number of hydrogen-bond donors (Lipinski definition) is 3. The first-order valence-corrected chi connectivity index (χ1v) is 8.27. The summed E-state index contributed by atoms with van der Waals surface area (Å²) in [6.07, 6.45) is 0. The zero-order valence-electron chi connectivity index (χ0n) is 13.3. The molecule has 1 aliphatic heterocycles. The summed E-state index contributed by atoms with van der Waals surface area (Å²) >= 11 is 0. The molecule has 1 aliphatic rings. The molecule has 3 aromatic carbocycles. The molecule has 6 rings (SSSR count). The van der Waals surface area contributed by atoms with E-state index < -0.39 is 0 Å². The van der Waals surface area contributed by atoms with Crippen LogP contribution in [0, 0.1) is 11.6 Å². The van der Waals surface area contributed by atoms with E-state index in [-0.39, 0.29) is 17.5 Å². The summed E-state index contributed by atoms with van der Waals surface area (Å²) in [7, 11) is 0. The average molecular weight is 347 g/mol. The van der Waals surface area contributed by atoms with Gasteiger partial charge in [-0.05, 0) is 42.0 Å². The second-order valence-corrected chi connectivity index (χ2v) is 6.67. The molecule has 2 aromatic heterocycles. The van der Waals surface area contributed by atoms with Crippen LogP contribution < -0.4 is 5.32 Å². The van der Waals surface area contributed by atoms with Gasteiger partial charge in [-0.1, -0.05) is 0 Å². The van der Waals surface area contributed by atoms with Crippen LogP contribution in [-0.4, -0.2) is 15.9 Å². The Labute approximate surface area is 144 Å². The van der Waals surface area contributed by atoms with Crippen LogP contribution in [0.4, 0.5) is 8.78 Å². The minimum absolute atomic E-state index is 0.192. The normalized spacial score (nSPS) is 14.0. The lowest BCUT2D eigenvalue weighted by atomic mass is 9.97. The Kier molecular flexibility index (Phi) is 2.34. The lowest BCUT2D eigenvalue weighted by Crippen LogP contribution is -2.12. The first kappa shape index (κ1) is 13.8. The third kappa shape index (κ3) is 1.54. The topological polar surface area (TPSA) is 60.7 Å². The Morgan fingerprint density at radius 2 is 1.38 bits per heavy atom. The monoisotopic (exact) mass is 347 g/mol. The number of nitrogens with one attached hydrogen (secondary N) is 3. The number of hydrogen-bond acceptors (Lipinski definition) is 1. The van der Waals surface area contributed by atoms with Crippen LogP contribution in [0.3, 0.4) is 0 Å². The van der Waals surface area contributed by atoms with E-state index >= 15 is 0 Å². The maximum absolute atomic E-state index is 13.9. The number of carbonyl (C=O) groups excluding carboxylic acids is 1. The van der Waals surface area contributed by atoms with E-state index in [1.54, 1.807) is 12.1 Å². The molecule has 0 saturated heterocycles. The smallest absolute Gasteiger partial charge is 0.252 e. The van der Waals surface area contributed by atoms with Crippen molar-refractivity contribution in [2.45, 2.75) is 6.54 Å². The molecular formula is C20H11F2N3O. The molecule has 0 bridgehead atoms. The summed E-state index contributed by atoms with van der Waals surface area (Å²) in [6, 6.07) is 9.06. The molecule has 0 spiro atoms. The predicted molar refractivity (Wildman–Crippen MR) is 96.3 cm³/mol. The van der Waals surface area contributed by atoms with Crippen molar-refractivity contribution in [2.24, 2.45) is 0 Å². The van der Waals surface area contributed by atoms with Crippen LogP contribution in [0.15, 0.2) is 36.4 Å². The number of rotatable bonds is 0. The number of carbonyl (C=O) groups is 1. The van der Waals surface area contributed by atoms with Gasteiger partial charge in [-0.3, -0.25) is 4.79 Å². The first-order valence-electron chi connectivity index (χ1n) is 8.27. The first-order chi connectivity index (χ1) is 12.6. The minimum atomic E-state index is -0.357. The van der Waals surface area contributed by atoms with Gasteiger partial charge in [0.15, 0.2) is 0 Å². The molecule has 0 radical (unpaired) electrons. The van der Waals surface area contributed by atoms with Crippen LogP contribution in [0.1, 0.15) is 15.9 Å². The van der Waals surface area contributed by atoms with Crippen molar-refractivity contribution in [3.63, 3.8) is 0 Å². The van der Waals surface area contributed by atoms with Gasteiger partial charge in [-0.25, -0.2) is 8.78 Å². The molecule has 4 nitrogen and oxygen atoms in total. The third-order valence-corrected chi connectivity index (χ3v) is 5.28. The molecular weight excluding hydrogens is 336 g/mol. The Balaban J connectivity index is 1.97. The molecule has 0 unspecified atom stereocenters. The van der Waals surface area contributed by atoms with Crippen molar-refractivity contribution in [3.8, 4) is 0 Å². The number of benzene rings is 3. The van der Waals surface area contributed by atoms with Gasteiger partial charge in [-0.15, -0.1) is 0 Å². The van der Waals surface area contributed by atoms with Crippen LogP contribution in [-0.2, 0) is 6.54 Å². The summed E-state index contributed by atoms with van der Waals surface area (Å²) in [5, 5.41) is 5.78. The summed E-state index contributed by atoms with van der Waals surface area (Å²) in [5.74, 6) is -0.879. The van der Waals surface area contributed by atoms with Crippen molar-refractivity contribution >= 4 is 49.5 Å². The molecule has 126 valence electrons. The van der Waals surface area contributed by atoms with E-state index in [4.69, 9.17) is 0 Å². The molecule has 26 heavy (non-hydrogen) atoms. The number of H-pyrrole nitrogens is 2. The highest BCUT2D eigenvalue weighted by molar-refractivity contribution is 6.30. The van der Waals surface area contributed by atoms with Gasteiger partial charge < -0.3 is 15.3 Å². The van der Waals surface area contributed by atoms with E-state index in [1.807, 2.05) is 0 Å². The van der Waals surface area contributed by atoms with E-state index in [1.165, 1.54) is 24.3 Å². The van der Waals surface area contributed by atoms with Crippen molar-refractivity contribution in [2.75, 3.05) is 0 Å². The van der Waals surface area contributed by atoms with Gasteiger partial charge in [0.1, 0.15) is 11.6 Å². The van der Waals surface area contributed by atoms with Gasteiger partial charge in [-0.2, -0.15) is 0 Å². The fraction of sp³-hybridized carbons (Fsp3) is 0.0500. The van der Waals surface area contributed by atoms with Gasteiger partial charge in [0, 0.05) is 39.1 Å². The van der Waals surface area contributed by atoms with Gasteiger partial charge in [0.05, 0.1) is 16.6 Å². The molecule has 3 heterocycles. The molecule has 0 fully saturated rings. The van der Waals surface area contributed by atoms with E-state index in [0.717, 1.165) is 38.4 Å². The summed E-state index contributed by atoms with van der Waals surface area (Å²) in [6.45, 7) is 0.367. The summed E-state index contributed by atoms with van der Waals surface area (Å²) < 4.78 is 27.7. The van der Waals surface area contributed by atoms with Crippen molar-refractivity contribution in [3.05, 3.63) is 59.2 Å². The predicted octanol–water partition coefficient (Wildman–Crippen LogP) is 4.48. The number of amides is 1. The van der Waals surface area contributed by atoms with E-state index in [9.17, 15) is 13.6 Å². The zero-order valence-corrected chi connectivity index (χ0v) is 13.3. The highest BCUT2D eigenvalue weighted by atomic mass is 19.1. The number of aromatic nitrogens is 2. The summed E-state index contributed by atoms with van der Waals surface area (Å²) in [5.41, 5.74) is 4.43. The fourth-order valence-electron chi connectivity index (χ4n) is 4.24. The van der Waals surface area contributed by atoms with Crippen molar-refractivity contribution in [1.29, 1.82) is 0 Å². The quantitative estimate of drug-likeness (QED) is 0.380. The second kappa shape index (κ2) is 4.40. The zero-order chi connectivity index (χ0) is 17.6. The van der Waals surface area contributed by atoms with Gasteiger partial charge >= 0.3 is 0 Å². The van der Waals surface area contributed by atoms with Crippen LogP contribution in [0.5, 0.6) is 0 Å². The van der Waals surface area contributed by atoms with Crippen molar-refractivity contribution in [1.82, 2.24) is 15.3 Å². The van der Waals surface area contributed by atoms with Crippen molar-refractivity contribution < 1.29 is 13.6 Å². The van der Waals surface area contributed by atoms with Gasteiger partial charge in [0.2, 0.25) is 0 Å². The molecule has 0 atom stereocenters. The van der Waals surface area contributed by atoms with Crippen LogP contribution in [0.25, 0.3) is 43.6 Å². The van der Waals surface area contributed by atoms with E-state index in [0.29, 0.717) is 22.9 Å².